The number of morpholine rings is 1. The molecule has 2 rings (SSSR count). The van der Waals surface area contributed by atoms with Crippen molar-refractivity contribution in [1.82, 2.24) is 5.32 Å². The predicted octanol–water partition coefficient (Wildman–Crippen LogP) is 1.86. The van der Waals surface area contributed by atoms with Gasteiger partial charge in [-0.2, -0.15) is 0 Å². The SMILES string of the molecule is NC(CC1CNCCO1)c1ccc(F)c(Cl)c1. The van der Waals surface area contributed by atoms with Crippen molar-refractivity contribution in [2.24, 2.45) is 5.73 Å². The first-order chi connectivity index (χ1) is 8.16. The number of nitrogens with two attached hydrogens (primary N) is 1. The van der Waals surface area contributed by atoms with Crippen molar-refractivity contribution in [2.45, 2.75) is 18.6 Å². The normalized spacial score (nSPS) is 22.4. The molecular weight excluding hydrogens is 243 g/mol. The van der Waals surface area contributed by atoms with Gasteiger partial charge in [-0.3, -0.25) is 0 Å². The number of nitrogens with one attached hydrogen (secondary N) is 1. The van der Waals surface area contributed by atoms with Gasteiger partial charge in [-0.25, -0.2) is 4.39 Å². The zero-order chi connectivity index (χ0) is 12.3. The number of ether oxygens (including phenoxy) is 1. The van der Waals surface area contributed by atoms with E-state index in [0.29, 0.717) is 13.0 Å². The highest BCUT2D eigenvalue weighted by Crippen LogP contribution is 2.23. The molecule has 1 aromatic rings. The largest absolute Gasteiger partial charge is 0.376 e. The molecule has 1 fully saturated rings. The van der Waals surface area contributed by atoms with Gasteiger partial charge in [0, 0.05) is 19.1 Å². The first kappa shape index (κ1) is 12.8. The van der Waals surface area contributed by atoms with Crippen LogP contribution in [0.1, 0.15) is 18.0 Å². The Balaban J connectivity index is 1.98. The monoisotopic (exact) mass is 258 g/mol. The highest BCUT2D eigenvalue weighted by Gasteiger charge is 2.18. The summed E-state index contributed by atoms with van der Waals surface area (Å²) >= 11 is 5.73. The Morgan fingerprint density at radius 1 is 1.59 bits per heavy atom. The summed E-state index contributed by atoms with van der Waals surface area (Å²) in [6, 6.07) is 4.41. The van der Waals surface area contributed by atoms with Gasteiger partial charge in [0.25, 0.3) is 0 Å². The van der Waals surface area contributed by atoms with E-state index in [1.165, 1.54) is 6.07 Å². The molecule has 0 bridgehead atoms. The van der Waals surface area contributed by atoms with Crippen LogP contribution in [0.25, 0.3) is 0 Å². The lowest BCUT2D eigenvalue weighted by Crippen LogP contribution is -2.40. The van der Waals surface area contributed by atoms with Crippen LogP contribution in [0.3, 0.4) is 0 Å². The second kappa shape index (κ2) is 5.78. The van der Waals surface area contributed by atoms with Crippen LogP contribution in [0, 0.1) is 5.82 Å². The maximum atomic E-state index is 13.0. The third kappa shape index (κ3) is 3.39. The molecule has 0 aromatic heterocycles. The third-order valence-corrected chi connectivity index (χ3v) is 3.18. The standard InChI is InChI=1S/C12H16ClFN2O/c13-10-5-8(1-2-11(10)14)12(15)6-9-7-16-3-4-17-9/h1-2,5,9,12,16H,3-4,6-7,15H2. The lowest BCUT2D eigenvalue weighted by atomic mass is 10.0. The summed E-state index contributed by atoms with van der Waals surface area (Å²) < 4.78 is 18.6. The van der Waals surface area contributed by atoms with Gasteiger partial charge in [0.1, 0.15) is 5.82 Å². The average Bonchev–Trinajstić information content (AvgIpc) is 2.34. The van der Waals surface area contributed by atoms with E-state index in [9.17, 15) is 4.39 Å². The minimum atomic E-state index is -0.418. The van der Waals surface area contributed by atoms with Gasteiger partial charge in [0.05, 0.1) is 17.7 Å². The molecule has 0 spiro atoms. The highest BCUT2D eigenvalue weighted by atomic mass is 35.5. The molecule has 2 unspecified atom stereocenters. The summed E-state index contributed by atoms with van der Waals surface area (Å²) in [6.07, 6.45) is 0.817. The molecule has 1 aliphatic heterocycles. The van der Waals surface area contributed by atoms with E-state index in [1.807, 2.05) is 0 Å². The number of halogens is 2. The Labute approximate surface area is 105 Å². The van der Waals surface area contributed by atoms with Crippen LogP contribution in [0.15, 0.2) is 18.2 Å². The highest BCUT2D eigenvalue weighted by molar-refractivity contribution is 6.30. The zero-order valence-electron chi connectivity index (χ0n) is 9.46. The van der Waals surface area contributed by atoms with Crippen molar-refractivity contribution in [3.05, 3.63) is 34.6 Å². The summed E-state index contributed by atoms with van der Waals surface area (Å²) in [5, 5.41) is 3.36. The third-order valence-electron chi connectivity index (χ3n) is 2.89. The fourth-order valence-corrected chi connectivity index (χ4v) is 2.12. The number of rotatable bonds is 3. The second-order valence-corrected chi connectivity index (χ2v) is 4.62. The van der Waals surface area contributed by atoms with Gasteiger partial charge in [-0.1, -0.05) is 17.7 Å². The molecule has 0 aliphatic carbocycles. The molecule has 17 heavy (non-hydrogen) atoms. The van der Waals surface area contributed by atoms with Gasteiger partial charge in [0.15, 0.2) is 0 Å². The Hall–Kier alpha value is -0.680. The van der Waals surface area contributed by atoms with E-state index in [0.717, 1.165) is 18.7 Å². The van der Waals surface area contributed by atoms with Crippen LogP contribution < -0.4 is 11.1 Å². The maximum Gasteiger partial charge on any atom is 0.141 e. The van der Waals surface area contributed by atoms with E-state index in [-0.39, 0.29) is 17.2 Å². The second-order valence-electron chi connectivity index (χ2n) is 4.21. The molecule has 3 nitrogen and oxygen atoms in total. The van der Waals surface area contributed by atoms with Crippen LogP contribution >= 0.6 is 11.6 Å². The number of benzene rings is 1. The minimum absolute atomic E-state index is 0.112. The summed E-state index contributed by atoms with van der Waals surface area (Å²) in [4.78, 5) is 0. The maximum absolute atomic E-state index is 13.0. The van der Waals surface area contributed by atoms with Gasteiger partial charge >= 0.3 is 0 Å². The molecule has 0 amide bonds. The van der Waals surface area contributed by atoms with Gasteiger partial charge in [-0.05, 0) is 24.1 Å². The molecular formula is C12H16ClFN2O. The van der Waals surface area contributed by atoms with Gasteiger partial charge < -0.3 is 15.8 Å². The van der Waals surface area contributed by atoms with Crippen molar-refractivity contribution < 1.29 is 9.13 Å². The van der Waals surface area contributed by atoms with Crippen LogP contribution in [-0.4, -0.2) is 25.8 Å². The van der Waals surface area contributed by atoms with E-state index < -0.39 is 5.82 Å². The van der Waals surface area contributed by atoms with E-state index in [1.54, 1.807) is 12.1 Å². The molecule has 3 N–H and O–H groups in total. The lowest BCUT2D eigenvalue weighted by Gasteiger charge is -2.26. The summed E-state index contributed by atoms with van der Waals surface area (Å²) in [7, 11) is 0. The van der Waals surface area contributed by atoms with Crippen molar-refractivity contribution in [1.29, 1.82) is 0 Å². The smallest absolute Gasteiger partial charge is 0.141 e. The summed E-state index contributed by atoms with van der Waals surface area (Å²) in [6.45, 7) is 2.40. The summed E-state index contributed by atoms with van der Waals surface area (Å²) in [5.74, 6) is -0.418. The topological polar surface area (TPSA) is 47.3 Å². The van der Waals surface area contributed by atoms with Crippen molar-refractivity contribution in [3.63, 3.8) is 0 Å². The Morgan fingerprint density at radius 3 is 3.06 bits per heavy atom. The first-order valence-corrected chi connectivity index (χ1v) is 6.07. The first-order valence-electron chi connectivity index (χ1n) is 5.69. The molecule has 5 heteroatoms. The Bertz CT molecular complexity index is 383. The molecule has 0 saturated carbocycles. The summed E-state index contributed by atoms with van der Waals surface area (Å²) in [5.41, 5.74) is 6.89. The van der Waals surface area contributed by atoms with Crippen molar-refractivity contribution in [2.75, 3.05) is 19.7 Å². The molecule has 1 aliphatic rings. The van der Waals surface area contributed by atoms with E-state index in [2.05, 4.69) is 5.32 Å². The van der Waals surface area contributed by atoms with Crippen LogP contribution in [0.4, 0.5) is 4.39 Å². The van der Waals surface area contributed by atoms with Crippen LogP contribution in [0.2, 0.25) is 5.02 Å². The fourth-order valence-electron chi connectivity index (χ4n) is 1.93. The predicted molar refractivity (Wildman–Crippen MR) is 65.6 cm³/mol. The Kier molecular flexibility index (Phi) is 4.34. The van der Waals surface area contributed by atoms with Gasteiger partial charge in [-0.15, -0.1) is 0 Å². The number of hydrogen-bond acceptors (Lipinski definition) is 3. The van der Waals surface area contributed by atoms with Crippen molar-refractivity contribution >= 4 is 11.6 Å². The van der Waals surface area contributed by atoms with Crippen LogP contribution in [0.5, 0.6) is 0 Å². The minimum Gasteiger partial charge on any atom is -0.376 e. The number of hydrogen-bond donors (Lipinski definition) is 2. The van der Waals surface area contributed by atoms with E-state index >= 15 is 0 Å². The molecule has 1 saturated heterocycles. The van der Waals surface area contributed by atoms with Gasteiger partial charge in [0.2, 0.25) is 0 Å². The molecule has 0 radical (unpaired) electrons. The molecule has 94 valence electrons. The fraction of sp³-hybridized carbons (Fsp3) is 0.500. The van der Waals surface area contributed by atoms with E-state index in [4.69, 9.17) is 22.1 Å². The lowest BCUT2D eigenvalue weighted by molar-refractivity contribution is 0.0195. The quantitative estimate of drug-likeness (QED) is 0.870. The molecule has 1 heterocycles. The average molecular weight is 259 g/mol. The zero-order valence-corrected chi connectivity index (χ0v) is 10.2. The molecule has 2 atom stereocenters. The molecule has 1 aromatic carbocycles. The van der Waals surface area contributed by atoms with Crippen LogP contribution in [-0.2, 0) is 4.74 Å². The van der Waals surface area contributed by atoms with Crippen molar-refractivity contribution in [3.8, 4) is 0 Å². The Morgan fingerprint density at radius 2 is 2.41 bits per heavy atom.